The first-order valence-electron chi connectivity index (χ1n) is 28.6. The molecule has 27 nitrogen and oxygen atoms in total. The Kier molecular flexibility index (Phi) is 18.9. The van der Waals surface area contributed by atoms with E-state index in [2.05, 4.69) is 11.1 Å². The first-order chi connectivity index (χ1) is 38.2. The molecule has 10 aliphatic rings. The predicted molar refractivity (Wildman–Crippen MR) is 271 cm³/mol. The van der Waals surface area contributed by atoms with Crippen LogP contribution in [0.4, 0.5) is 0 Å². The molecule has 11 N–H and O–H groups in total. The average molecular weight is 1220 g/mol. The largest absolute Gasteiger partial charge is 1.00 e. The van der Waals surface area contributed by atoms with Crippen molar-refractivity contribution in [2.75, 3.05) is 26.9 Å². The molecule has 0 aromatic carbocycles. The van der Waals surface area contributed by atoms with E-state index in [1.165, 1.54) is 14.0 Å². The monoisotopic (exact) mass is 1220 g/mol. The molecule has 29 heteroatoms. The summed E-state index contributed by atoms with van der Waals surface area (Å²) in [5, 5.41) is 125. The number of aliphatic hydroxyl groups is 11. The third-order valence-electron chi connectivity index (χ3n) is 21.4. The molecule has 9 fully saturated rings. The van der Waals surface area contributed by atoms with Crippen molar-refractivity contribution in [1.29, 1.82) is 0 Å². The van der Waals surface area contributed by atoms with Crippen molar-refractivity contribution in [3.05, 3.63) is 11.6 Å². The Hall–Kier alpha value is -0.760. The predicted octanol–water partition coefficient (Wildman–Crippen LogP) is -5.60. The minimum absolute atomic E-state index is 0. The van der Waals surface area contributed by atoms with Crippen LogP contribution < -0.4 is 29.6 Å². The smallest absolute Gasteiger partial charge is 0.726 e. The molecule has 29 unspecified atom stereocenters. The molecular weight excluding hydrogens is 1140 g/mol. The average Bonchev–Trinajstić information content (AvgIpc) is 1.52. The Bertz CT molecular complexity index is 2490. The molecule has 1 spiro atoms. The number of ether oxygens (including phenoxy) is 11. The first-order valence-corrected chi connectivity index (χ1v) is 29.9. The summed E-state index contributed by atoms with van der Waals surface area (Å²) in [6.45, 7) is 13.0. The van der Waals surface area contributed by atoms with E-state index in [-0.39, 0.29) is 47.8 Å². The van der Waals surface area contributed by atoms with Crippen molar-refractivity contribution >= 4 is 16.4 Å². The number of esters is 1. The zero-order valence-electron chi connectivity index (χ0n) is 48.6. The Labute approximate surface area is 504 Å². The van der Waals surface area contributed by atoms with Crippen LogP contribution in [0.25, 0.3) is 0 Å². The van der Waals surface area contributed by atoms with Gasteiger partial charge in [0.2, 0.25) is 10.4 Å². The van der Waals surface area contributed by atoms with E-state index < -0.39 is 210 Å². The summed E-state index contributed by atoms with van der Waals surface area (Å²) in [5.74, 6) is -0.989. The Balaban J connectivity index is 0.00000828. The van der Waals surface area contributed by atoms with Gasteiger partial charge in [0, 0.05) is 7.11 Å². The molecule has 0 radical (unpaired) electrons. The second-order valence-corrected chi connectivity index (χ2v) is 27.5. The fourth-order valence-corrected chi connectivity index (χ4v) is 17.4. The van der Waals surface area contributed by atoms with Gasteiger partial charge < -0.3 is 113 Å². The summed E-state index contributed by atoms with van der Waals surface area (Å²) in [5.41, 5.74) is -6.53. The van der Waals surface area contributed by atoms with Crippen LogP contribution in [0.1, 0.15) is 107 Å². The summed E-state index contributed by atoms with van der Waals surface area (Å²) in [6.07, 6.45) is -29.4. The molecule has 29 atom stereocenters. The summed E-state index contributed by atoms with van der Waals surface area (Å²) in [6, 6.07) is 0. The maximum atomic E-state index is 14.7. The zero-order chi connectivity index (χ0) is 60.0. The molecule has 0 aromatic heterocycles. The van der Waals surface area contributed by atoms with E-state index >= 15 is 0 Å². The van der Waals surface area contributed by atoms with E-state index in [0.29, 0.717) is 44.9 Å². The standard InChI is InChI=1S/C54H86O27S.Na/c1-22-39(76-45-38(64)41(33(59)26(20-56)74-45)77-44-37(63)40(70-9)32(58)25(19-55)73-44)35(61)36(62)43(72-22)78-42-34(60)27(81-82(67,68)69)21-71-46(42)75-30-13-15-50(6)24-18-29(57)54-47(65)80-52(8,31-12-14-48(2,3)79-31)53(54,66)17-16-51(54,7)23(24)10-11-28(50)49(30,4)5;/h18,22-23,25-46,55-64,66H,10-17,19-21H2,1-9H3,(H,67,68,69);/q;+1/p-1. The van der Waals surface area contributed by atoms with Gasteiger partial charge in [-0.05, 0) is 107 Å². The maximum Gasteiger partial charge on any atom is 1.00 e. The third kappa shape index (κ3) is 10.5. The Morgan fingerprint density at radius 3 is 1.86 bits per heavy atom. The quantitative estimate of drug-likeness (QED) is 0.0193. The molecule has 3 saturated carbocycles. The van der Waals surface area contributed by atoms with Crippen molar-refractivity contribution < 1.29 is 160 Å². The second kappa shape index (κ2) is 23.5. The summed E-state index contributed by atoms with van der Waals surface area (Å²) in [7, 11) is -4.27. The molecule has 0 amide bonds. The van der Waals surface area contributed by atoms with Crippen LogP contribution in [-0.4, -0.2) is 254 Å². The van der Waals surface area contributed by atoms with Gasteiger partial charge in [0.25, 0.3) is 0 Å². The maximum absolute atomic E-state index is 14.7. The van der Waals surface area contributed by atoms with Crippen LogP contribution in [0.5, 0.6) is 0 Å². The second-order valence-electron chi connectivity index (χ2n) is 26.5. The van der Waals surface area contributed by atoms with E-state index in [4.69, 9.17) is 52.1 Å². The Morgan fingerprint density at radius 2 is 1.27 bits per heavy atom. The molecule has 6 saturated heterocycles. The van der Waals surface area contributed by atoms with Gasteiger partial charge >= 0.3 is 35.5 Å². The third-order valence-corrected chi connectivity index (χ3v) is 21.8. The van der Waals surface area contributed by atoms with Gasteiger partial charge in [-0.2, -0.15) is 0 Å². The van der Waals surface area contributed by atoms with Crippen molar-refractivity contribution in [1.82, 2.24) is 0 Å². The minimum atomic E-state index is -5.44. The zero-order valence-corrected chi connectivity index (χ0v) is 51.4. The van der Waals surface area contributed by atoms with Gasteiger partial charge in [-0.1, -0.05) is 39.3 Å². The van der Waals surface area contributed by atoms with Gasteiger partial charge in [0.15, 0.2) is 30.8 Å². The fourth-order valence-electron chi connectivity index (χ4n) is 17.0. The van der Waals surface area contributed by atoms with Crippen molar-refractivity contribution in [3.8, 4) is 0 Å². The molecular formula is C54H85NaO27S. The molecule has 0 aromatic rings. The van der Waals surface area contributed by atoms with Crippen LogP contribution in [0.3, 0.4) is 0 Å². The molecule has 6 heterocycles. The topological polar surface area (TPSA) is 408 Å². The van der Waals surface area contributed by atoms with Crippen molar-refractivity contribution in [2.24, 2.45) is 33.5 Å². The molecule has 470 valence electrons. The number of aliphatic hydroxyl groups excluding tert-OH is 10. The van der Waals surface area contributed by atoms with Crippen molar-refractivity contribution in [3.63, 3.8) is 0 Å². The number of allylic oxidation sites excluding steroid dienone is 1. The van der Waals surface area contributed by atoms with Gasteiger partial charge in [-0.3, -0.25) is 8.98 Å². The number of hydrogen-bond acceptors (Lipinski definition) is 27. The van der Waals surface area contributed by atoms with E-state index in [1.807, 2.05) is 34.6 Å². The van der Waals surface area contributed by atoms with Gasteiger partial charge in [0.1, 0.15) is 103 Å². The number of methoxy groups -OCH3 is 1. The van der Waals surface area contributed by atoms with Crippen LogP contribution in [-0.2, 0) is 71.5 Å². The number of carbonyl (C=O) groups is 1. The van der Waals surface area contributed by atoms with Gasteiger partial charge in [-0.25, -0.2) is 8.42 Å². The van der Waals surface area contributed by atoms with Crippen LogP contribution >= 0.6 is 0 Å². The van der Waals surface area contributed by atoms with E-state index in [9.17, 15) is 73.9 Å². The normalized spacial score (nSPS) is 53.0. The van der Waals surface area contributed by atoms with Crippen molar-refractivity contribution in [2.45, 2.75) is 259 Å². The number of cyclic esters (lactones) is 1. The molecule has 4 aliphatic carbocycles. The van der Waals surface area contributed by atoms with E-state index in [1.54, 1.807) is 13.0 Å². The van der Waals surface area contributed by atoms with Crippen LogP contribution in [0.15, 0.2) is 11.6 Å². The number of carbonyl (C=O) groups excluding carboxylic acids is 1. The first kappa shape index (κ1) is 66.7. The SMILES string of the molecule is COC1C(O)C(CO)OC(OC2C(O)C(CO)OC(OC3C(C)OC(OC4C(OC5CCC6(C)C7=CC(O)C89C(=O)OC(C)(C%10CCC(C)(C)O%10)C8(O)CCC9(C)C7CCC6C5(C)C)OCC(OS(=O)(=O)[O-])C4O)C(O)C3O)C2O)C1O.[Na+]. The Morgan fingerprint density at radius 1 is 0.675 bits per heavy atom. The molecule has 83 heavy (non-hydrogen) atoms. The van der Waals surface area contributed by atoms with Crippen LogP contribution in [0, 0.1) is 33.5 Å². The molecule has 6 aliphatic heterocycles. The number of hydrogen-bond donors (Lipinski definition) is 11. The van der Waals surface area contributed by atoms with Crippen LogP contribution in [0.2, 0.25) is 0 Å². The summed E-state index contributed by atoms with van der Waals surface area (Å²) < 4.78 is 106. The summed E-state index contributed by atoms with van der Waals surface area (Å²) in [4.78, 5) is 14.7. The minimum Gasteiger partial charge on any atom is -0.726 e. The number of fused-ring (bicyclic) bond motifs is 4. The molecule has 0 bridgehead atoms. The molecule has 10 rings (SSSR count). The number of rotatable bonds is 14. The summed E-state index contributed by atoms with van der Waals surface area (Å²) >= 11 is 0. The van der Waals surface area contributed by atoms with Gasteiger partial charge in [0.05, 0.1) is 43.7 Å². The fraction of sp³-hybridized carbons (Fsp3) is 0.944. The van der Waals surface area contributed by atoms with Gasteiger partial charge in [-0.15, -0.1) is 0 Å². The van der Waals surface area contributed by atoms with E-state index in [0.717, 1.165) is 5.57 Å².